The number of methoxy groups -OCH3 is 1. The van der Waals surface area contributed by atoms with E-state index in [-0.39, 0.29) is 24.9 Å². The predicted molar refractivity (Wildman–Crippen MR) is 134 cm³/mol. The van der Waals surface area contributed by atoms with E-state index in [1.807, 2.05) is 43.3 Å². The van der Waals surface area contributed by atoms with Crippen LogP contribution in [-0.2, 0) is 19.1 Å². The van der Waals surface area contributed by atoms with Gasteiger partial charge in [0.25, 0.3) is 5.69 Å². The number of ether oxygens (including phenoxy) is 3. The number of non-ortho nitro benzene ring substituents is 1. The van der Waals surface area contributed by atoms with Gasteiger partial charge in [-0.25, -0.2) is 0 Å². The van der Waals surface area contributed by atoms with Crippen molar-refractivity contribution >= 4 is 29.8 Å². The molecule has 0 spiro atoms. The van der Waals surface area contributed by atoms with E-state index in [0.717, 1.165) is 11.1 Å². The van der Waals surface area contributed by atoms with E-state index in [4.69, 9.17) is 14.2 Å². The van der Waals surface area contributed by atoms with Gasteiger partial charge in [-0.15, -0.1) is 0 Å². The molecule has 2 rings (SSSR count). The fraction of sp³-hybridized carbons (Fsp3) is 0.407. The van der Waals surface area contributed by atoms with Gasteiger partial charge < -0.3 is 14.2 Å². The van der Waals surface area contributed by atoms with Crippen LogP contribution in [-0.4, -0.2) is 37.2 Å². The zero-order valence-electron chi connectivity index (χ0n) is 20.9. The molecule has 0 radical (unpaired) electrons. The van der Waals surface area contributed by atoms with Crippen molar-refractivity contribution in [1.29, 1.82) is 0 Å². The highest BCUT2D eigenvalue weighted by atomic mass is 16.6. The summed E-state index contributed by atoms with van der Waals surface area (Å²) in [5.41, 5.74) is 0.234. The molecule has 1 atom stereocenters. The van der Waals surface area contributed by atoms with Crippen LogP contribution >= 0.6 is 0 Å². The van der Waals surface area contributed by atoms with Gasteiger partial charge >= 0.3 is 11.9 Å². The average Bonchev–Trinajstić information content (AvgIpc) is 2.85. The third kappa shape index (κ3) is 7.95. The number of hydrogen-bond acceptors (Lipinski definition) is 7. The Bertz CT molecular complexity index is 1040. The maximum atomic E-state index is 12.6. The first-order valence-electron chi connectivity index (χ1n) is 11.4. The highest BCUT2D eigenvalue weighted by Crippen LogP contribution is 2.38. The smallest absolute Gasteiger partial charge is 0.311 e. The number of carbonyl (C=O) groups is 2. The molecule has 0 heterocycles. The highest BCUT2D eigenvalue weighted by Gasteiger charge is 2.42. The Morgan fingerprint density at radius 3 is 1.94 bits per heavy atom. The molecular weight excluding hydrogens is 450 g/mol. The Balaban J connectivity index is 1.82. The number of nitro groups is 1. The summed E-state index contributed by atoms with van der Waals surface area (Å²) < 4.78 is 16.0. The van der Waals surface area contributed by atoms with Crippen LogP contribution in [0, 0.1) is 20.9 Å². The van der Waals surface area contributed by atoms with Crippen molar-refractivity contribution in [2.24, 2.45) is 10.8 Å². The molecule has 2 aromatic carbocycles. The fourth-order valence-electron chi connectivity index (χ4n) is 3.70. The van der Waals surface area contributed by atoms with Crippen LogP contribution in [0.3, 0.4) is 0 Å². The molecule has 1 unspecified atom stereocenters. The van der Waals surface area contributed by atoms with Crippen LogP contribution in [0.25, 0.3) is 12.2 Å². The van der Waals surface area contributed by atoms with Gasteiger partial charge in [0.2, 0.25) is 0 Å². The molecule has 35 heavy (non-hydrogen) atoms. The molecule has 0 aliphatic rings. The number of nitro benzene ring substituents is 1. The van der Waals surface area contributed by atoms with Crippen molar-refractivity contribution in [2.75, 3.05) is 20.3 Å². The summed E-state index contributed by atoms with van der Waals surface area (Å²) in [4.78, 5) is 35.0. The molecule has 0 saturated carbocycles. The number of carbonyl (C=O) groups excluding carboxylic acids is 2. The molecule has 0 aliphatic carbocycles. The van der Waals surface area contributed by atoms with Crippen LogP contribution in [0.1, 0.15) is 51.7 Å². The van der Waals surface area contributed by atoms with E-state index >= 15 is 0 Å². The van der Waals surface area contributed by atoms with E-state index in [0.29, 0.717) is 18.6 Å². The summed E-state index contributed by atoms with van der Waals surface area (Å²) in [5.74, 6) is -0.0938. The lowest BCUT2D eigenvalue weighted by Gasteiger charge is -2.33. The minimum Gasteiger partial charge on any atom is -0.490 e. The molecule has 8 nitrogen and oxygen atoms in total. The van der Waals surface area contributed by atoms with E-state index in [9.17, 15) is 19.7 Å². The summed E-state index contributed by atoms with van der Waals surface area (Å²) in [6.07, 6.45) is 4.63. The van der Waals surface area contributed by atoms with Crippen molar-refractivity contribution in [3.63, 3.8) is 0 Å². The fourth-order valence-corrected chi connectivity index (χ4v) is 3.70. The second-order valence-corrected chi connectivity index (χ2v) is 9.20. The first-order valence-corrected chi connectivity index (χ1v) is 11.4. The molecule has 0 bridgehead atoms. The summed E-state index contributed by atoms with van der Waals surface area (Å²) in [6, 6.07) is 13.7. The number of rotatable bonds is 12. The lowest BCUT2D eigenvalue weighted by atomic mass is 9.72. The molecule has 0 aliphatic heterocycles. The van der Waals surface area contributed by atoms with Gasteiger partial charge in [-0.1, -0.05) is 31.2 Å². The van der Waals surface area contributed by atoms with Crippen LogP contribution in [0.5, 0.6) is 5.75 Å². The monoisotopic (exact) mass is 483 g/mol. The van der Waals surface area contributed by atoms with Gasteiger partial charge in [0, 0.05) is 12.1 Å². The Hall–Kier alpha value is -3.68. The van der Waals surface area contributed by atoms with E-state index in [1.165, 1.54) is 19.2 Å². The topological polar surface area (TPSA) is 105 Å². The molecule has 0 amide bonds. The second-order valence-electron chi connectivity index (χ2n) is 9.20. The molecule has 8 heteroatoms. The molecule has 0 saturated heterocycles. The average molecular weight is 484 g/mol. The van der Waals surface area contributed by atoms with E-state index in [1.54, 1.807) is 32.9 Å². The predicted octanol–water partition coefficient (Wildman–Crippen LogP) is 5.69. The molecule has 0 N–H and O–H groups in total. The third-order valence-electron chi connectivity index (χ3n) is 5.88. The maximum absolute atomic E-state index is 12.6. The maximum Gasteiger partial charge on any atom is 0.311 e. The standard InChI is InChI=1S/C27H33NO7/c1-6-27(4,25(30)33-5)19-26(2,3)24(29)35-18-17-34-23-15-11-21(12-16-23)8-7-20-9-13-22(14-10-20)28(31)32/h7-16H,6,17-19H2,1-5H3. The van der Waals surface area contributed by atoms with E-state index in [2.05, 4.69) is 0 Å². The van der Waals surface area contributed by atoms with Crippen molar-refractivity contribution in [3.8, 4) is 5.75 Å². The first-order chi connectivity index (χ1) is 16.5. The molecule has 188 valence electrons. The van der Waals surface area contributed by atoms with Crippen LogP contribution in [0.15, 0.2) is 48.5 Å². The van der Waals surface area contributed by atoms with Gasteiger partial charge in [-0.05, 0) is 69.0 Å². The zero-order chi connectivity index (χ0) is 26.1. The number of nitrogens with zero attached hydrogens (tertiary/aromatic N) is 1. The van der Waals surface area contributed by atoms with Crippen LogP contribution in [0.2, 0.25) is 0 Å². The quantitative estimate of drug-likeness (QED) is 0.125. The van der Waals surface area contributed by atoms with Crippen LogP contribution < -0.4 is 4.74 Å². The minimum atomic E-state index is -0.851. The van der Waals surface area contributed by atoms with Crippen molar-refractivity contribution in [2.45, 2.75) is 40.5 Å². The summed E-state index contributed by atoms with van der Waals surface area (Å²) in [6.45, 7) is 7.49. The van der Waals surface area contributed by atoms with Gasteiger partial charge in [0.1, 0.15) is 19.0 Å². The minimum absolute atomic E-state index is 0.0542. The number of hydrogen-bond donors (Lipinski definition) is 0. The van der Waals surface area contributed by atoms with Crippen molar-refractivity contribution in [3.05, 3.63) is 69.8 Å². The Morgan fingerprint density at radius 1 is 0.914 bits per heavy atom. The van der Waals surface area contributed by atoms with Crippen molar-refractivity contribution < 1.29 is 28.7 Å². The Morgan fingerprint density at radius 2 is 1.46 bits per heavy atom. The van der Waals surface area contributed by atoms with Crippen LogP contribution in [0.4, 0.5) is 5.69 Å². The molecular formula is C27H33NO7. The number of benzene rings is 2. The molecule has 0 aromatic heterocycles. The van der Waals surface area contributed by atoms with Gasteiger partial charge in [-0.3, -0.25) is 19.7 Å². The van der Waals surface area contributed by atoms with Gasteiger partial charge in [0.15, 0.2) is 0 Å². The lowest BCUT2D eigenvalue weighted by molar-refractivity contribution is -0.384. The van der Waals surface area contributed by atoms with Gasteiger partial charge in [-0.2, -0.15) is 0 Å². The first kappa shape index (κ1) is 27.6. The Labute approximate surface area is 206 Å². The lowest BCUT2D eigenvalue weighted by Crippen LogP contribution is -2.38. The van der Waals surface area contributed by atoms with Crippen molar-refractivity contribution in [1.82, 2.24) is 0 Å². The highest BCUT2D eigenvalue weighted by molar-refractivity contribution is 5.80. The summed E-state index contributed by atoms with van der Waals surface area (Å²) >= 11 is 0. The Kier molecular flexibility index (Phi) is 9.57. The molecule has 2 aromatic rings. The SMILES string of the molecule is CCC(C)(CC(C)(C)C(=O)OCCOc1ccc(C=Cc2ccc([N+](=O)[O-])cc2)cc1)C(=O)OC. The summed E-state index contributed by atoms with van der Waals surface area (Å²) in [7, 11) is 1.35. The zero-order valence-corrected chi connectivity index (χ0v) is 20.9. The normalized spacial score (nSPS) is 13.2. The second kappa shape index (κ2) is 12.1. The van der Waals surface area contributed by atoms with E-state index < -0.39 is 21.7 Å². The largest absolute Gasteiger partial charge is 0.490 e. The number of esters is 2. The molecule has 0 fully saturated rings. The third-order valence-corrected chi connectivity index (χ3v) is 5.88. The summed E-state index contributed by atoms with van der Waals surface area (Å²) in [5, 5.41) is 10.7. The van der Waals surface area contributed by atoms with Gasteiger partial charge in [0.05, 0.1) is 22.9 Å².